The highest BCUT2D eigenvalue weighted by Crippen LogP contribution is 2.24. The second kappa shape index (κ2) is 5.83. The molecule has 3 heteroatoms. The fourth-order valence-electron chi connectivity index (χ4n) is 1.79. The molecule has 0 bridgehead atoms. The van der Waals surface area contributed by atoms with Crippen molar-refractivity contribution in [2.75, 3.05) is 6.61 Å². The molecule has 2 nitrogen and oxygen atoms in total. The lowest BCUT2D eigenvalue weighted by atomic mass is 9.88. The zero-order valence-electron chi connectivity index (χ0n) is 8.99. The van der Waals surface area contributed by atoms with Crippen LogP contribution >= 0.6 is 0 Å². The number of hydrogen-bond donors (Lipinski definition) is 2. The summed E-state index contributed by atoms with van der Waals surface area (Å²) in [6, 6.07) is 6.42. The normalized spacial score (nSPS) is 14.9. The maximum atomic E-state index is 13.0. The largest absolute Gasteiger partial charge is 0.396 e. The van der Waals surface area contributed by atoms with Crippen LogP contribution in [0.3, 0.4) is 0 Å². The molecule has 0 heterocycles. The van der Waals surface area contributed by atoms with Crippen molar-refractivity contribution in [3.05, 3.63) is 35.6 Å². The summed E-state index contributed by atoms with van der Waals surface area (Å²) in [6.45, 7) is 2.07. The van der Waals surface area contributed by atoms with Crippen molar-refractivity contribution in [1.82, 2.24) is 0 Å². The van der Waals surface area contributed by atoms with E-state index in [1.165, 1.54) is 12.1 Å². The molecule has 0 aliphatic heterocycles. The molecule has 15 heavy (non-hydrogen) atoms. The van der Waals surface area contributed by atoms with Crippen molar-refractivity contribution in [1.29, 1.82) is 0 Å². The molecular formula is C12H18FNO. The summed E-state index contributed by atoms with van der Waals surface area (Å²) in [4.78, 5) is 0. The molecule has 1 rings (SSSR count). The predicted octanol–water partition coefficient (Wildman–Crippen LogP) is 2.03. The number of aliphatic hydroxyl groups excluding tert-OH is 1. The average Bonchev–Trinajstić information content (AvgIpc) is 2.25. The highest BCUT2D eigenvalue weighted by atomic mass is 19.1. The van der Waals surface area contributed by atoms with E-state index in [9.17, 15) is 4.39 Å². The fraction of sp³-hybridized carbons (Fsp3) is 0.500. The fourth-order valence-corrected chi connectivity index (χ4v) is 1.79. The first-order valence-electron chi connectivity index (χ1n) is 5.31. The summed E-state index contributed by atoms with van der Waals surface area (Å²) in [5.41, 5.74) is 6.83. The van der Waals surface area contributed by atoms with Crippen LogP contribution in [0, 0.1) is 5.82 Å². The van der Waals surface area contributed by atoms with E-state index in [4.69, 9.17) is 10.8 Å². The van der Waals surface area contributed by atoms with Crippen LogP contribution in [-0.2, 0) is 0 Å². The lowest BCUT2D eigenvalue weighted by Crippen LogP contribution is -2.28. The maximum absolute atomic E-state index is 13.0. The molecule has 0 aromatic heterocycles. The molecule has 0 fully saturated rings. The molecule has 84 valence electrons. The van der Waals surface area contributed by atoms with Gasteiger partial charge in [-0.25, -0.2) is 4.39 Å². The SMILES string of the molecule is CCC(N)C(CCO)c1cccc(F)c1. The molecule has 1 aromatic carbocycles. The Morgan fingerprint density at radius 3 is 2.73 bits per heavy atom. The van der Waals surface area contributed by atoms with E-state index in [2.05, 4.69) is 0 Å². The zero-order chi connectivity index (χ0) is 11.3. The van der Waals surface area contributed by atoms with Gasteiger partial charge >= 0.3 is 0 Å². The van der Waals surface area contributed by atoms with Gasteiger partial charge in [-0.2, -0.15) is 0 Å². The summed E-state index contributed by atoms with van der Waals surface area (Å²) >= 11 is 0. The Morgan fingerprint density at radius 1 is 1.47 bits per heavy atom. The molecule has 0 saturated carbocycles. The third kappa shape index (κ3) is 3.29. The third-order valence-corrected chi connectivity index (χ3v) is 2.71. The van der Waals surface area contributed by atoms with Gasteiger partial charge in [0.15, 0.2) is 0 Å². The molecule has 0 saturated heterocycles. The van der Waals surface area contributed by atoms with Gasteiger partial charge in [0, 0.05) is 18.6 Å². The van der Waals surface area contributed by atoms with Crippen LogP contribution in [0.1, 0.15) is 31.2 Å². The van der Waals surface area contributed by atoms with Crippen LogP contribution in [0.25, 0.3) is 0 Å². The van der Waals surface area contributed by atoms with Crippen molar-refractivity contribution in [2.45, 2.75) is 31.7 Å². The summed E-state index contributed by atoms with van der Waals surface area (Å²) in [6.07, 6.45) is 1.40. The predicted molar refractivity (Wildman–Crippen MR) is 59.1 cm³/mol. The number of nitrogens with two attached hydrogens (primary N) is 1. The maximum Gasteiger partial charge on any atom is 0.123 e. The minimum atomic E-state index is -0.251. The van der Waals surface area contributed by atoms with Gasteiger partial charge in [-0.15, -0.1) is 0 Å². The number of hydrogen-bond acceptors (Lipinski definition) is 2. The Kier molecular flexibility index (Phi) is 4.72. The summed E-state index contributed by atoms with van der Waals surface area (Å²) < 4.78 is 13.0. The Labute approximate surface area is 89.9 Å². The van der Waals surface area contributed by atoms with Gasteiger partial charge < -0.3 is 10.8 Å². The first kappa shape index (κ1) is 12.1. The van der Waals surface area contributed by atoms with Gasteiger partial charge in [-0.1, -0.05) is 19.1 Å². The molecule has 0 aliphatic carbocycles. The molecule has 0 radical (unpaired) electrons. The lowest BCUT2D eigenvalue weighted by molar-refractivity contribution is 0.266. The van der Waals surface area contributed by atoms with Gasteiger partial charge in [0.1, 0.15) is 5.82 Å². The zero-order valence-corrected chi connectivity index (χ0v) is 8.99. The van der Waals surface area contributed by atoms with Crippen molar-refractivity contribution >= 4 is 0 Å². The number of benzene rings is 1. The summed E-state index contributed by atoms with van der Waals surface area (Å²) in [7, 11) is 0. The van der Waals surface area contributed by atoms with Gasteiger partial charge in [-0.3, -0.25) is 0 Å². The van der Waals surface area contributed by atoms with Crippen molar-refractivity contribution in [2.24, 2.45) is 5.73 Å². The Bertz CT molecular complexity index is 303. The molecule has 0 amide bonds. The Hall–Kier alpha value is -0.930. The second-order valence-corrected chi connectivity index (χ2v) is 3.75. The van der Waals surface area contributed by atoms with E-state index in [1.807, 2.05) is 13.0 Å². The van der Waals surface area contributed by atoms with Crippen LogP contribution in [0.5, 0.6) is 0 Å². The Morgan fingerprint density at radius 2 is 2.20 bits per heavy atom. The molecule has 2 unspecified atom stereocenters. The molecule has 3 N–H and O–H groups in total. The first-order chi connectivity index (χ1) is 7.19. The van der Waals surface area contributed by atoms with Crippen LogP contribution in [0.15, 0.2) is 24.3 Å². The van der Waals surface area contributed by atoms with Gasteiger partial charge in [-0.05, 0) is 30.5 Å². The quantitative estimate of drug-likeness (QED) is 0.782. The summed E-state index contributed by atoms with van der Waals surface area (Å²) in [5.74, 6) is -0.213. The Balaban J connectivity index is 2.88. The van der Waals surface area contributed by atoms with E-state index in [0.717, 1.165) is 12.0 Å². The van der Waals surface area contributed by atoms with Gasteiger partial charge in [0.05, 0.1) is 0 Å². The van der Waals surface area contributed by atoms with Crippen molar-refractivity contribution in [3.63, 3.8) is 0 Å². The van der Waals surface area contributed by atoms with Crippen molar-refractivity contribution < 1.29 is 9.50 Å². The van der Waals surface area contributed by atoms with Crippen LogP contribution in [0.4, 0.5) is 4.39 Å². The molecule has 1 aromatic rings. The van der Waals surface area contributed by atoms with E-state index >= 15 is 0 Å². The highest BCUT2D eigenvalue weighted by Gasteiger charge is 2.18. The van der Waals surface area contributed by atoms with Crippen LogP contribution in [-0.4, -0.2) is 17.8 Å². The second-order valence-electron chi connectivity index (χ2n) is 3.75. The van der Waals surface area contributed by atoms with Crippen LogP contribution < -0.4 is 5.73 Å². The highest BCUT2D eigenvalue weighted by molar-refractivity contribution is 5.22. The molecule has 0 aliphatic rings. The molecule has 2 atom stereocenters. The molecular weight excluding hydrogens is 193 g/mol. The topological polar surface area (TPSA) is 46.2 Å². The molecule has 0 spiro atoms. The number of aliphatic hydroxyl groups is 1. The standard InChI is InChI=1S/C12H18FNO/c1-2-12(14)11(6-7-15)9-4-3-5-10(13)8-9/h3-5,8,11-12,15H,2,6-7,14H2,1H3. The average molecular weight is 211 g/mol. The third-order valence-electron chi connectivity index (χ3n) is 2.71. The lowest BCUT2D eigenvalue weighted by Gasteiger charge is -2.22. The van der Waals surface area contributed by atoms with E-state index in [0.29, 0.717) is 6.42 Å². The number of halogens is 1. The van der Waals surface area contributed by atoms with E-state index in [-0.39, 0.29) is 24.4 Å². The van der Waals surface area contributed by atoms with E-state index in [1.54, 1.807) is 6.07 Å². The smallest absolute Gasteiger partial charge is 0.123 e. The van der Waals surface area contributed by atoms with Gasteiger partial charge in [0.2, 0.25) is 0 Å². The first-order valence-corrected chi connectivity index (χ1v) is 5.31. The van der Waals surface area contributed by atoms with Crippen molar-refractivity contribution in [3.8, 4) is 0 Å². The van der Waals surface area contributed by atoms with E-state index < -0.39 is 0 Å². The minimum Gasteiger partial charge on any atom is -0.396 e. The minimum absolute atomic E-state index is 0.0288. The number of rotatable bonds is 5. The van der Waals surface area contributed by atoms with Crippen LogP contribution in [0.2, 0.25) is 0 Å². The summed E-state index contributed by atoms with van der Waals surface area (Å²) in [5, 5.41) is 8.96. The van der Waals surface area contributed by atoms with Gasteiger partial charge in [0.25, 0.3) is 0 Å². The monoisotopic (exact) mass is 211 g/mol.